The molecule has 0 radical (unpaired) electrons. The molecule has 1 amide bonds. The highest BCUT2D eigenvalue weighted by Gasteiger charge is 2.36. The van der Waals surface area contributed by atoms with Gasteiger partial charge in [-0.15, -0.1) is 0 Å². The summed E-state index contributed by atoms with van der Waals surface area (Å²) in [5, 5.41) is 3.60. The molecule has 2 saturated heterocycles. The first-order valence-corrected chi connectivity index (χ1v) is 10.4. The van der Waals surface area contributed by atoms with Crippen LogP contribution in [0.2, 0.25) is 0 Å². The van der Waals surface area contributed by atoms with Crippen LogP contribution >= 0.6 is 0 Å². The zero-order chi connectivity index (χ0) is 18.0. The number of hydrogen-bond acceptors (Lipinski definition) is 4. The molecule has 25 heavy (non-hydrogen) atoms. The van der Waals surface area contributed by atoms with Crippen molar-refractivity contribution in [2.24, 2.45) is 0 Å². The Morgan fingerprint density at radius 1 is 1.20 bits per heavy atom. The maximum Gasteiger partial charge on any atom is 0.240 e. The van der Waals surface area contributed by atoms with E-state index in [1.165, 1.54) is 19.9 Å². The van der Waals surface area contributed by atoms with Crippen LogP contribution in [0.25, 0.3) is 0 Å². The molecule has 138 valence electrons. The van der Waals surface area contributed by atoms with Crippen LogP contribution < -0.4 is 10.0 Å². The van der Waals surface area contributed by atoms with Crippen LogP contribution in [0.5, 0.6) is 0 Å². The monoisotopic (exact) mass is 365 g/mol. The topological polar surface area (TPSA) is 78.5 Å². The van der Waals surface area contributed by atoms with Gasteiger partial charge in [-0.05, 0) is 56.8 Å². The first-order valence-electron chi connectivity index (χ1n) is 8.93. The maximum atomic E-state index is 12.5. The molecular formula is C18H27N3O3S. The van der Waals surface area contributed by atoms with Crippen LogP contribution in [0.4, 0.5) is 0 Å². The number of nitrogens with zero attached hydrogens (tertiary/aromatic N) is 1. The van der Waals surface area contributed by atoms with Gasteiger partial charge in [0.25, 0.3) is 0 Å². The van der Waals surface area contributed by atoms with E-state index in [9.17, 15) is 13.2 Å². The number of fused-ring (bicyclic) bond motifs is 2. The van der Waals surface area contributed by atoms with Crippen molar-refractivity contribution in [1.29, 1.82) is 0 Å². The fourth-order valence-corrected chi connectivity index (χ4v) is 4.66. The zero-order valence-electron chi connectivity index (χ0n) is 14.9. The summed E-state index contributed by atoms with van der Waals surface area (Å²) in [7, 11) is -0.0993. The summed E-state index contributed by atoms with van der Waals surface area (Å²) in [6.45, 7) is 0. The van der Waals surface area contributed by atoms with Crippen molar-refractivity contribution in [2.45, 2.75) is 61.5 Å². The Morgan fingerprint density at radius 3 is 2.36 bits per heavy atom. The Morgan fingerprint density at radius 2 is 1.80 bits per heavy atom. The summed E-state index contributed by atoms with van der Waals surface area (Å²) in [6, 6.07) is 8.21. The first kappa shape index (κ1) is 18.4. The van der Waals surface area contributed by atoms with Gasteiger partial charge in [0.15, 0.2) is 0 Å². The fraction of sp³-hybridized carbons (Fsp3) is 0.611. The van der Waals surface area contributed by atoms with Crippen molar-refractivity contribution in [2.75, 3.05) is 14.1 Å². The van der Waals surface area contributed by atoms with E-state index in [1.54, 1.807) is 24.3 Å². The lowest BCUT2D eigenvalue weighted by molar-refractivity contribution is -0.132. The van der Waals surface area contributed by atoms with Crippen LogP contribution in [0.3, 0.4) is 0 Å². The fourth-order valence-electron chi connectivity index (χ4n) is 3.93. The number of benzene rings is 1. The van der Waals surface area contributed by atoms with Gasteiger partial charge < -0.3 is 10.2 Å². The molecule has 1 aromatic carbocycles. The van der Waals surface area contributed by atoms with Crippen LogP contribution in [-0.2, 0) is 21.2 Å². The van der Waals surface area contributed by atoms with Crippen LogP contribution in [0.1, 0.15) is 37.7 Å². The van der Waals surface area contributed by atoms with Gasteiger partial charge in [-0.3, -0.25) is 4.79 Å². The highest BCUT2D eigenvalue weighted by molar-refractivity contribution is 7.89. The van der Waals surface area contributed by atoms with E-state index >= 15 is 0 Å². The molecule has 2 N–H and O–H groups in total. The molecule has 1 aromatic rings. The van der Waals surface area contributed by atoms with Gasteiger partial charge >= 0.3 is 0 Å². The molecule has 7 heteroatoms. The number of carbonyl (C=O) groups excluding carboxylic acids is 1. The lowest BCUT2D eigenvalue weighted by atomic mass is 9.98. The van der Waals surface area contributed by atoms with Crippen LogP contribution in [-0.4, -0.2) is 51.4 Å². The molecule has 0 aliphatic carbocycles. The van der Waals surface area contributed by atoms with Gasteiger partial charge in [0.2, 0.25) is 15.9 Å². The second kappa shape index (κ2) is 7.43. The Balaban J connectivity index is 1.53. The smallest absolute Gasteiger partial charge is 0.240 e. The van der Waals surface area contributed by atoms with Crippen LogP contribution in [0.15, 0.2) is 29.2 Å². The summed E-state index contributed by atoms with van der Waals surface area (Å²) < 4.78 is 25.7. The molecule has 2 unspecified atom stereocenters. The third-order valence-corrected chi connectivity index (χ3v) is 6.95. The molecule has 2 aliphatic heterocycles. The molecule has 0 spiro atoms. The van der Waals surface area contributed by atoms with Crippen molar-refractivity contribution >= 4 is 15.9 Å². The minimum Gasteiger partial charge on any atom is -0.343 e. The van der Waals surface area contributed by atoms with Crippen molar-refractivity contribution in [3.05, 3.63) is 29.8 Å². The summed E-state index contributed by atoms with van der Waals surface area (Å²) >= 11 is 0. The predicted molar refractivity (Wildman–Crippen MR) is 96.7 cm³/mol. The molecule has 2 fully saturated rings. The lowest BCUT2D eigenvalue weighted by Gasteiger charge is -2.35. The Hall–Kier alpha value is -1.44. The second-order valence-corrected chi connectivity index (χ2v) is 9.01. The minimum atomic E-state index is -3.41. The van der Waals surface area contributed by atoms with Gasteiger partial charge in [0.05, 0.1) is 4.90 Å². The van der Waals surface area contributed by atoms with E-state index < -0.39 is 10.0 Å². The number of hydrogen-bond donors (Lipinski definition) is 2. The van der Waals surface area contributed by atoms with Crippen molar-refractivity contribution in [1.82, 2.24) is 14.9 Å². The average Bonchev–Trinajstić information content (AvgIpc) is 2.97. The number of aryl methyl sites for hydroxylation is 1. The molecule has 6 nitrogen and oxygen atoms in total. The molecule has 0 saturated carbocycles. The largest absolute Gasteiger partial charge is 0.343 e. The van der Waals surface area contributed by atoms with E-state index in [2.05, 4.69) is 10.0 Å². The number of carbonyl (C=O) groups is 1. The zero-order valence-corrected chi connectivity index (χ0v) is 15.7. The van der Waals surface area contributed by atoms with Crippen molar-refractivity contribution in [3.8, 4) is 0 Å². The van der Waals surface area contributed by atoms with Crippen molar-refractivity contribution in [3.63, 3.8) is 0 Å². The molecule has 2 atom stereocenters. The second-order valence-electron chi connectivity index (χ2n) is 7.12. The number of amides is 1. The summed E-state index contributed by atoms with van der Waals surface area (Å²) in [5.41, 5.74) is 0.974. The quantitative estimate of drug-likeness (QED) is 0.796. The molecule has 0 aromatic heterocycles. The Labute approximate surface area is 150 Å². The molecule has 2 heterocycles. The highest BCUT2D eigenvalue weighted by atomic mass is 32.2. The molecular weight excluding hydrogens is 338 g/mol. The minimum absolute atomic E-state index is 0.165. The third-order valence-electron chi connectivity index (χ3n) is 5.52. The van der Waals surface area contributed by atoms with Crippen molar-refractivity contribution < 1.29 is 13.2 Å². The maximum absolute atomic E-state index is 12.5. The predicted octanol–water partition coefficient (Wildman–Crippen LogP) is 1.27. The Kier molecular flexibility index (Phi) is 5.46. The summed E-state index contributed by atoms with van der Waals surface area (Å²) in [5.74, 6) is 0.165. The summed E-state index contributed by atoms with van der Waals surface area (Å²) in [4.78, 5) is 14.7. The third kappa shape index (κ3) is 4.22. The number of sulfonamides is 1. The normalized spacial score (nSPS) is 25.8. The van der Waals surface area contributed by atoms with E-state index in [4.69, 9.17) is 0 Å². The highest BCUT2D eigenvalue weighted by Crippen LogP contribution is 2.29. The molecule has 2 bridgehead atoms. The number of piperidine rings is 1. The first-order chi connectivity index (χ1) is 11.9. The summed E-state index contributed by atoms with van der Waals surface area (Å²) in [6.07, 6.45) is 5.63. The number of nitrogens with one attached hydrogen (secondary N) is 2. The van der Waals surface area contributed by atoms with E-state index in [1.807, 2.05) is 11.9 Å². The van der Waals surface area contributed by atoms with Crippen LogP contribution in [0, 0.1) is 0 Å². The van der Waals surface area contributed by atoms with E-state index in [0.717, 1.165) is 18.4 Å². The average molecular weight is 365 g/mol. The molecule has 2 aliphatic rings. The Bertz CT molecular complexity index is 706. The van der Waals surface area contributed by atoms with E-state index in [0.29, 0.717) is 31.0 Å². The van der Waals surface area contributed by atoms with Gasteiger partial charge in [0.1, 0.15) is 0 Å². The van der Waals surface area contributed by atoms with Gasteiger partial charge in [-0.2, -0.15) is 0 Å². The van der Waals surface area contributed by atoms with Gasteiger partial charge in [0, 0.05) is 31.6 Å². The van der Waals surface area contributed by atoms with Gasteiger partial charge in [-0.25, -0.2) is 13.1 Å². The standard InChI is InChI=1S/C18H27N3O3S/c1-19-25(23,24)17-8-3-13(4-9-17)5-10-18(22)21(2)16-11-14-6-7-15(12-16)20-14/h3-4,8-9,14-16,19-20H,5-7,10-12H2,1-2H3. The number of rotatable bonds is 6. The lowest BCUT2D eigenvalue weighted by Crippen LogP contribution is -2.48. The molecule has 3 rings (SSSR count). The SMILES string of the molecule is CNS(=O)(=O)c1ccc(CCC(=O)N(C)C2CC3CCC(C2)N3)cc1. The van der Waals surface area contributed by atoms with E-state index in [-0.39, 0.29) is 10.8 Å². The van der Waals surface area contributed by atoms with Gasteiger partial charge in [-0.1, -0.05) is 12.1 Å².